The quantitative estimate of drug-likeness (QED) is 0.216. The Morgan fingerprint density at radius 2 is 1.46 bits per heavy atom. The van der Waals surface area contributed by atoms with Gasteiger partial charge in [0.1, 0.15) is 11.2 Å². The summed E-state index contributed by atoms with van der Waals surface area (Å²) in [5.41, 5.74) is 3.90. The van der Waals surface area contributed by atoms with Gasteiger partial charge in [-0.3, -0.25) is 4.98 Å². The van der Waals surface area contributed by atoms with E-state index in [4.69, 9.17) is 12.6 Å². The number of benzene rings is 5. The summed E-state index contributed by atoms with van der Waals surface area (Å²) < 4.78 is 56.4. The monoisotopic (exact) mass is 511 g/mol. The average Bonchev–Trinajstić information content (AvgIpc) is 3.35. The number of fused-ring (bicyclic) bond motifs is 6. The molecule has 7 aromatic rings. The van der Waals surface area contributed by atoms with Crippen LogP contribution in [0.1, 0.15) is 45.7 Å². The van der Waals surface area contributed by atoms with Crippen LogP contribution in [0.5, 0.6) is 0 Å². The van der Waals surface area contributed by atoms with Gasteiger partial charge in [0.2, 0.25) is 0 Å². The van der Waals surface area contributed by atoms with Gasteiger partial charge in [-0.2, -0.15) is 0 Å². The molecule has 0 saturated carbocycles. The largest absolute Gasteiger partial charge is 0.455 e. The van der Waals surface area contributed by atoms with E-state index in [-0.39, 0.29) is 16.5 Å². The van der Waals surface area contributed by atoms with E-state index in [1.807, 2.05) is 57.2 Å². The molecule has 0 saturated heterocycles. The molecule has 0 aliphatic rings. The summed E-state index contributed by atoms with van der Waals surface area (Å²) in [5, 5.41) is 6.38. The Labute approximate surface area is 237 Å². The molecular weight excluding hydrogens is 474 g/mol. The number of hydrogen-bond donors (Lipinski definition) is 0. The van der Waals surface area contributed by atoms with E-state index in [0.717, 1.165) is 43.5 Å². The van der Waals surface area contributed by atoms with Crippen molar-refractivity contribution < 1.29 is 12.6 Å². The smallest absolute Gasteiger partial charge is 0.144 e. The van der Waals surface area contributed by atoms with Crippen molar-refractivity contribution >= 4 is 43.5 Å². The summed E-state index contributed by atoms with van der Waals surface area (Å²) >= 11 is 0. The molecule has 7 rings (SSSR count). The van der Waals surface area contributed by atoms with Gasteiger partial charge in [-0.15, -0.1) is 0 Å². The van der Waals surface area contributed by atoms with Crippen LogP contribution in [0.2, 0.25) is 0 Å². The third-order valence-corrected chi connectivity index (χ3v) is 7.72. The second kappa shape index (κ2) is 8.54. The lowest BCUT2D eigenvalue weighted by Crippen LogP contribution is -2.11. The van der Waals surface area contributed by atoms with Crippen LogP contribution >= 0.6 is 0 Å². The Balaban J connectivity index is 1.47. The van der Waals surface area contributed by atoms with Crippen molar-refractivity contribution in [3.05, 3.63) is 114 Å². The van der Waals surface area contributed by atoms with E-state index in [9.17, 15) is 0 Å². The second-order valence-corrected chi connectivity index (χ2v) is 11.3. The van der Waals surface area contributed by atoms with E-state index in [2.05, 4.69) is 41.4 Å². The van der Waals surface area contributed by atoms with Gasteiger partial charge in [-0.1, -0.05) is 87.5 Å². The predicted molar refractivity (Wildman–Crippen MR) is 166 cm³/mol. The van der Waals surface area contributed by atoms with E-state index in [1.54, 1.807) is 18.2 Å². The van der Waals surface area contributed by atoms with Crippen LogP contribution in [-0.4, -0.2) is 4.98 Å². The molecule has 0 bridgehead atoms. The number of hydrogen-bond acceptors (Lipinski definition) is 2. The van der Waals surface area contributed by atoms with Crippen molar-refractivity contribution in [3.8, 4) is 22.4 Å². The fourth-order valence-electron chi connectivity index (χ4n) is 5.57. The van der Waals surface area contributed by atoms with Crippen molar-refractivity contribution in [2.75, 3.05) is 0 Å². The Morgan fingerprint density at radius 3 is 2.31 bits per heavy atom. The van der Waals surface area contributed by atoms with Crippen molar-refractivity contribution in [3.63, 3.8) is 0 Å². The molecule has 5 aromatic carbocycles. The summed E-state index contributed by atoms with van der Waals surface area (Å²) in [7, 11) is 0. The zero-order valence-electron chi connectivity index (χ0n) is 28.1. The van der Waals surface area contributed by atoms with Crippen molar-refractivity contribution in [1.29, 1.82) is 0 Å². The minimum atomic E-state index is -2.51. The van der Waals surface area contributed by atoms with Gasteiger partial charge in [-0.05, 0) is 92.7 Å². The van der Waals surface area contributed by atoms with E-state index in [1.165, 1.54) is 6.20 Å². The second-order valence-electron chi connectivity index (χ2n) is 11.3. The number of furan rings is 1. The lowest BCUT2D eigenvalue weighted by molar-refractivity contribution is 0.590. The Bertz CT molecular complexity index is 2290. The van der Waals surface area contributed by atoms with Crippen molar-refractivity contribution in [1.82, 2.24) is 4.98 Å². The number of nitrogens with zero attached hydrogens (tertiary/aromatic N) is 1. The first-order valence-corrected chi connectivity index (χ1v) is 13.1. The van der Waals surface area contributed by atoms with Gasteiger partial charge in [0, 0.05) is 30.8 Å². The summed E-state index contributed by atoms with van der Waals surface area (Å²) in [6.45, 7) is 1.08. The molecule has 0 atom stereocenters. The maximum absolute atomic E-state index is 8.35. The maximum atomic E-state index is 8.35. The molecule has 0 aliphatic carbocycles. The lowest BCUT2D eigenvalue weighted by Gasteiger charge is -2.21. The van der Waals surface area contributed by atoms with Crippen LogP contribution in [0, 0.1) is 13.7 Å². The minimum absolute atomic E-state index is 0.00447. The molecule has 2 heterocycles. The van der Waals surface area contributed by atoms with Crippen LogP contribution in [0.4, 0.5) is 0 Å². The number of aryl methyl sites for hydroxylation is 2. The van der Waals surface area contributed by atoms with Gasteiger partial charge in [0.05, 0.1) is 5.69 Å². The number of para-hydroxylation sites is 1. The van der Waals surface area contributed by atoms with Crippen molar-refractivity contribution in [2.24, 2.45) is 0 Å². The van der Waals surface area contributed by atoms with Crippen LogP contribution in [0.15, 0.2) is 102 Å². The van der Waals surface area contributed by atoms with Gasteiger partial charge in [-0.25, -0.2) is 0 Å². The molecule has 0 unspecified atom stereocenters. The van der Waals surface area contributed by atoms with Crippen LogP contribution in [0.25, 0.3) is 65.9 Å². The van der Waals surface area contributed by atoms with Gasteiger partial charge >= 0.3 is 0 Å². The van der Waals surface area contributed by atoms with Crippen LogP contribution < -0.4 is 0 Å². The molecule has 0 spiro atoms. The number of pyridine rings is 1. The standard InChI is InChI=1S/C37H31NO/c1-22-17-26(37(3,4)5)15-16-27(22)31-19-34(38-21-23(31)2)30-12-8-11-29-33-18-25-14-13-24-9-6-7-10-28(24)32(25)20-35(33)39-36(29)30/h6-21H,1-5H3/i1D3,2D3. The molecule has 0 aliphatic heterocycles. The molecule has 2 heteroatoms. The topological polar surface area (TPSA) is 26.0 Å². The minimum Gasteiger partial charge on any atom is -0.455 e. The third-order valence-electron chi connectivity index (χ3n) is 7.72. The zero-order chi connectivity index (χ0) is 31.9. The summed E-state index contributed by atoms with van der Waals surface area (Å²) in [5.74, 6) is 0. The molecule has 0 amide bonds. The Kier molecular flexibility index (Phi) is 3.93. The maximum Gasteiger partial charge on any atom is 0.144 e. The molecular formula is C37H31NO. The molecule has 190 valence electrons. The molecule has 2 nitrogen and oxygen atoms in total. The van der Waals surface area contributed by atoms with E-state index >= 15 is 0 Å². The highest BCUT2D eigenvalue weighted by Gasteiger charge is 2.18. The van der Waals surface area contributed by atoms with Gasteiger partial charge in [0.25, 0.3) is 0 Å². The van der Waals surface area contributed by atoms with Gasteiger partial charge < -0.3 is 4.42 Å². The van der Waals surface area contributed by atoms with Gasteiger partial charge in [0.15, 0.2) is 0 Å². The summed E-state index contributed by atoms with van der Waals surface area (Å²) in [4.78, 5) is 4.61. The van der Waals surface area contributed by atoms with E-state index in [0.29, 0.717) is 28.0 Å². The molecule has 39 heavy (non-hydrogen) atoms. The first-order valence-electron chi connectivity index (χ1n) is 16.1. The summed E-state index contributed by atoms with van der Waals surface area (Å²) in [6.07, 6.45) is 1.35. The lowest BCUT2D eigenvalue weighted by atomic mass is 9.84. The van der Waals surface area contributed by atoms with Crippen LogP contribution in [-0.2, 0) is 5.41 Å². The average molecular weight is 512 g/mol. The fourth-order valence-corrected chi connectivity index (χ4v) is 5.57. The molecule has 0 N–H and O–H groups in total. The highest BCUT2D eigenvalue weighted by molar-refractivity contribution is 6.17. The fraction of sp³-hybridized carbons (Fsp3) is 0.162. The van der Waals surface area contributed by atoms with Crippen LogP contribution in [0.3, 0.4) is 0 Å². The van der Waals surface area contributed by atoms with E-state index < -0.39 is 13.7 Å². The first kappa shape index (κ1) is 18.0. The van der Waals surface area contributed by atoms with Crippen molar-refractivity contribution in [2.45, 2.75) is 39.9 Å². The zero-order valence-corrected chi connectivity index (χ0v) is 22.1. The third kappa shape index (κ3) is 3.82. The summed E-state index contributed by atoms with van der Waals surface area (Å²) in [6, 6.07) is 29.5. The SMILES string of the molecule is [2H]C([2H])([2H])c1cnc(-c2cccc3c2oc2cc4c(ccc5ccccc54)cc23)cc1-c1ccc(C(C)(C)C)cc1C([2H])([2H])[2H]. The highest BCUT2D eigenvalue weighted by atomic mass is 16.3. The number of rotatable bonds is 2. The predicted octanol–water partition coefficient (Wildman–Crippen LogP) is 10.5. The highest BCUT2D eigenvalue weighted by Crippen LogP contribution is 2.40. The number of aromatic nitrogens is 1. The normalized spacial score (nSPS) is 15.2. The Morgan fingerprint density at radius 1 is 0.641 bits per heavy atom. The molecule has 0 radical (unpaired) electrons. The Hall–Kier alpha value is -4.43. The molecule has 2 aromatic heterocycles. The first-order chi connectivity index (χ1) is 21.2. The molecule has 0 fully saturated rings.